The molecule has 1 aromatic heterocycles. The molecule has 0 bridgehead atoms. The molecule has 0 aliphatic rings. The zero-order valence-corrected chi connectivity index (χ0v) is 12.9. The highest BCUT2D eigenvalue weighted by atomic mass is 16.4. The Bertz CT molecular complexity index is 581. The Morgan fingerprint density at radius 1 is 1.27 bits per heavy atom. The highest BCUT2D eigenvalue weighted by Gasteiger charge is 2.17. The van der Waals surface area contributed by atoms with Gasteiger partial charge in [-0.15, -0.1) is 0 Å². The number of hydrogen-bond acceptors (Lipinski definition) is 2. The molecule has 1 amide bonds. The molecule has 0 aliphatic heterocycles. The van der Waals surface area contributed by atoms with Gasteiger partial charge in [-0.25, -0.2) is 9.78 Å². The molecule has 5 nitrogen and oxygen atoms in total. The Kier molecular flexibility index (Phi) is 6.01. The van der Waals surface area contributed by atoms with Crippen molar-refractivity contribution in [2.45, 2.75) is 45.1 Å². The lowest BCUT2D eigenvalue weighted by atomic mass is 10.1. The third kappa shape index (κ3) is 4.62. The zero-order chi connectivity index (χ0) is 15.8. The second-order valence-electron chi connectivity index (χ2n) is 5.40. The molecule has 2 aromatic rings. The average Bonchev–Trinajstić information content (AvgIpc) is 3.01. The van der Waals surface area contributed by atoms with Crippen LogP contribution in [0.2, 0.25) is 0 Å². The van der Waals surface area contributed by atoms with Crippen molar-refractivity contribution in [1.29, 1.82) is 0 Å². The Balaban J connectivity index is 2.07. The summed E-state index contributed by atoms with van der Waals surface area (Å²) in [5.74, 6) is 0.678. The highest BCUT2D eigenvalue weighted by molar-refractivity contribution is 5.65. The van der Waals surface area contributed by atoms with Crippen LogP contribution in [0.5, 0.6) is 0 Å². The summed E-state index contributed by atoms with van der Waals surface area (Å²) in [7, 11) is 0. The molecule has 22 heavy (non-hydrogen) atoms. The van der Waals surface area contributed by atoms with Crippen molar-refractivity contribution in [1.82, 2.24) is 15.3 Å². The van der Waals surface area contributed by atoms with Gasteiger partial charge in [0.1, 0.15) is 5.82 Å². The first kappa shape index (κ1) is 16.1. The van der Waals surface area contributed by atoms with E-state index in [1.54, 1.807) is 6.20 Å². The molecule has 1 atom stereocenters. The quantitative estimate of drug-likeness (QED) is 0.634. The second-order valence-corrected chi connectivity index (χ2v) is 5.40. The van der Waals surface area contributed by atoms with Crippen molar-refractivity contribution in [3.8, 4) is 11.3 Å². The summed E-state index contributed by atoms with van der Waals surface area (Å²) < 4.78 is 0. The minimum Gasteiger partial charge on any atom is -0.465 e. The summed E-state index contributed by atoms with van der Waals surface area (Å²) in [4.78, 5) is 18.6. The Morgan fingerprint density at radius 3 is 2.73 bits per heavy atom. The van der Waals surface area contributed by atoms with E-state index < -0.39 is 6.09 Å². The number of aromatic amines is 1. The monoisotopic (exact) mass is 301 g/mol. The van der Waals surface area contributed by atoms with Crippen LogP contribution in [0, 0.1) is 0 Å². The lowest BCUT2D eigenvalue weighted by molar-refractivity contribution is 0.188. The smallest absolute Gasteiger partial charge is 0.405 e. The fourth-order valence-corrected chi connectivity index (χ4v) is 2.48. The van der Waals surface area contributed by atoms with E-state index in [0.29, 0.717) is 5.82 Å². The maximum absolute atomic E-state index is 11.0. The van der Waals surface area contributed by atoms with Crippen molar-refractivity contribution in [3.63, 3.8) is 0 Å². The lowest BCUT2D eigenvalue weighted by Crippen LogP contribution is -2.27. The van der Waals surface area contributed by atoms with E-state index in [9.17, 15) is 4.79 Å². The number of hydrogen-bond donors (Lipinski definition) is 3. The van der Waals surface area contributed by atoms with Gasteiger partial charge in [-0.1, -0.05) is 62.9 Å². The van der Waals surface area contributed by atoms with Crippen LogP contribution in [-0.4, -0.2) is 21.2 Å². The largest absolute Gasteiger partial charge is 0.465 e. The van der Waals surface area contributed by atoms with E-state index in [4.69, 9.17) is 5.11 Å². The number of carboxylic acid groups (broad SMARTS) is 1. The van der Waals surface area contributed by atoms with Crippen LogP contribution in [0.3, 0.4) is 0 Å². The van der Waals surface area contributed by atoms with Gasteiger partial charge in [-0.05, 0) is 12.0 Å². The second kappa shape index (κ2) is 8.22. The minimum atomic E-state index is -1.02. The van der Waals surface area contributed by atoms with Crippen LogP contribution in [0.4, 0.5) is 4.79 Å². The number of benzene rings is 1. The van der Waals surface area contributed by atoms with Crippen LogP contribution in [-0.2, 0) is 0 Å². The molecular formula is C17H23N3O2. The van der Waals surface area contributed by atoms with Crippen LogP contribution in [0.15, 0.2) is 36.5 Å². The number of rotatable bonds is 8. The predicted octanol–water partition coefficient (Wildman–Crippen LogP) is 4.36. The van der Waals surface area contributed by atoms with Crippen molar-refractivity contribution >= 4 is 6.09 Å². The molecule has 0 fully saturated rings. The summed E-state index contributed by atoms with van der Waals surface area (Å²) in [5, 5.41) is 11.6. The van der Waals surface area contributed by atoms with Gasteiger partial charge in [-0.3, -0.25) is 0 Å². The molecule has 2 rings (SSSR count). The van der Waals surface area contributed by atoms with Gasteiger partial charge < -0.3 is 15.4 Å². The fourth-order valence-electron chi connectivity index (χ4n) is 2.48. The van der Waals surface area contributed by atoms with Gasteiger partial charge in [0.2, 0.25) is 0 Å². The van der Waals surface area contributed by atoms with E-state index in [1.165, 1.54) is 6.42 Å². The van der Waals surface area contributed by atoms with E-state index in [2.05, 4.69) is 22.2 Å². The third-order valence-corrected chi connectivity index (χ3v) is 3.65. The topological polar surface area (TPSA) is 78.0 Å². The van der Waals surface area contributed by atoms with Crippen molar-refractivity contribution in [3.05, 3.63) is 42.4 Å². The molecule has 0 radical (unpaired) electrons. The highest BCUT2D eigenvalue weighted by Crippen LogP contribution is 2.22. The number of carbonyl (C=O) groups is 1. The van der Waals surface area contributed by atoms with Crippen molar-refractivity contribution in [2.75, 3.05) is 0 Å². The molecule has 5 heteroatoms. The number of amides is 1. The molecule has 0 saturated heterocycles. The summed E-state index contributed by atoms with van der Waals surface area (Å²) in [6.45, 7) is 2.16. The molecule has 0 unspecified atom stereocenters. The molecule has 1 heterocycles. The van der Waals surface area contributed by atoms with Crippen LogP contribution >= 0.6 is 0 Å². The Morgan fingerprint density at radius 2 is 2.05 bits per heavy atom. The summed E-state index contributed by atoms with van der Waals surface area (Å²) in [6.07, 6.45) is 5.93. The zero-order valence-electron chi connectivity index (χ0n) is 12.9. The molecular weight excluding hydrogens is 278 g/mol. The van der Waals surface area contributed by atoms with Gasteiger partial charge in [0.25, 0.3) is 0 Å². The lowest BCUT2D eigenvalue weighted by Gasteiger charge is -2.14. The SMILES string of the molecule is CCCCCC[C@@H](NC(=O)O)c1ncc(-c2ccccc2)[nH]1. The molecule has 3 N–H and O–H groups in total. The van der Waals surface area contributed by atoms with Gasteiger partial charge in [-0.2, -0.15) is 0 Å². The number of imidazole rings is 1. The van der Waals surface area contributed by atoms with Crippen molar-refractivity contribution in [2.24, 2.45) is 0 Å². The van der Waals surface area contributed by atoms with E-state index >= 15 is 0 Å². The average molecular weight is 301 g/mol. The van der Waals surface area contributed by atoms with Gasteiger partial charge in [0.05, 0.1) is 17.9 Å². The van der Waals surface area contributed by atoms with Crippen molar-refractivity contribution < 1.29 is 9.90 Å². The standard InChI is InChI=1S/C17H23N3O2/c1-2-3-4-8-11-14(20-17(21)22)16-18-12-15(19-16)13-9-6-5-7-10-13/h5-7,9-10,12,14,20H,2-4,8,11H2,1H3,(H,18,19)(H,21,22)/t14-/m1/s1. The van der Waals surface area contributed by atoms with Gasteiger partial charge >= 0.3 is 6.09 Å². The van der Waals surface area contributed by atoms with Crippen LogP contribution < -0.4 is 5.32 Å². The molecule has 0 saturated carbocycles. The first-order chi connectivity index (χ1) is 10.7. The van der Waals surface area contributed by atoms with Crippen LogP contribution in [0.25, 0.3) is 11.3 Å². The number of nitrogens with one attached hydrogen (secondary N) is 2. The molecule has 1 aromatic carbocycles. The number of aromatic nitrogens is 2. The number of unbranched alkanes of at least 4 members (excludes halogenated alkanes) is 3. The van der Waals surface area contributed by atoms with Crippen LogP contribution in [0.1, 0.15) is 50.9 Å². The predicted molar refractivity (Wildman–Crippen MR) is 86.7 cm³/mol. The molecule has 0 aliphatic carbocycles. The number of H-pyrrole nitrogens is 1. The number of nitrogens with zero attached hydrogens (tertiary/aromatic N) is 1. The summed E-state index contributed by atoms with van der Waals surface area (Å²) >= 11 is 0. The minimum absolute atomic E-state index is 0.285. The molecule has 0 spiro atoms. The van der Waals surface area contributed by atoms with E-state index in [1.807, 2.05) is 30.3 Å². The maximum Gasteiger partial charge on any atom is 0.405 e. The Hall–Kier alpha value is -2.30. The summed E-state index contributed by atoms with van der Waals surface area (Å²) in [5.41, 5.74) is 1.95. The fraction of sp³-hybridized carbons (Fsp3) is 0.412. The Labute approximate surface area is 130 Å². The van der Waals surface area contributed by atoms with E-state index in [-0.39, 0.29) is 6.04 Å². The first-order valence-electron chi connectivity index (χ1n) is 7.80. The first-order valence-corrected chi connectivity index (χ1v) is 7.80. The molecule has 118 valence electrons. The summed E-state index contributed by atoms with van der Waals surface area (Å²) in [6, 6.07) is 9.60. The van der Waals surface area contributed by atoms with Gasteiger partial charge in [0.15, 0.2) is 0 Å². The third-order valence-electron chi connectivity index (χ3n) is 3.65. The normalized spacial score (nSPS) is 12.0. The van der Waals surface area contributed by atoms with E-state index in [0.717, 1.165) is 36.9 Å². The van der Waals surface area contributed by atoms with Gasteiger partial charge in [0, 0.05) is 0 Å². The maximum atomic E-state index is 11.0.